The molecule has 0 spiro atoms. The van der Waals surface area contributed by atoms with E-state index < -0.39 is 0 Å². The van der Waals surface area contributed by atoms with Crippen molar-refractivity contribution in [2.45, 2.75) is 19.9 Å². The smallest absolute Gasteiger partial charge is 0.0404 e. The summed E-state index contributed by atoms with van der Waals surface area (Å²) in [6.07, 6.45) is 2.79. The number of hydrogen-bond donors (Lipinski definition) is 1. The fraction of sp³-hybridized carbons (Fsp3) is 0.375. The molecule has 1 aromatic rings. The van der Waals surface area contributed by atoms with E-state index in [4.69, 9.17) is 5.73 Å². The van der Waals surface area contributed by atoms with Gasteiger partial charge in [0.05, 0.1) is 0 Å². The fourth-order valence-electron chi connectivity index (χ4n) is 0.848. The minimum Gasteiger partial charge on any atom is -0.326 e. The maximum atomic E-state index is 5.45. The zero-order valence-electron chi connectivity index (χ0n) is 6.17. The van der Waals surface area contributed by atoms with E-state index >= 15 is 0 Å². The molecule has 2 N–H and O–H groups in total. The average molecular weight is 136 g/mol. The lowest BCUT2D eigenvalue weighted by Gasteiger charge is -1.97. The molecule has 0 bridgehead atoms. The van der Waals surface area contributed by atoms with Gasteiger partial charge in [-0.05, 0) is 24.1 Å². The highest BCUT2D eigenvalue weighted by Gasteiger charge is 1.91. The number of nitrogens with zero attached hydrogens (tertiary/aromatic N) is 1. The first-order valence-electron chi connectivity index (χ1n) is 3.50. The highest BCUT2D eigenvalue weighted by Crippen LogP contribution is 2.00. The van der Waals surface area contributed by atoms with Crippen LogP contribution < -0.4 is 5.73 Å². The molecule has 0 aliphatic carbocycles. The summed E-state index contributed by atoms with van der Waals surface area (Å²) in [5, 5.41) is 0. The van der Waals surface area contributed by atoms with Gasteiger partial charge in [0.2, 0.25) is 0 Å². The van der Waals surface area contributed by atoms with Gasteiger partial charge < -0.3 is 5.73 Å². The van der Waals surface area contributed by atoms with Gasteiger partial charge in [-0.1, -0.05) is 6.92 Å². The molecule has 54 valence electrons. The lowest BCUT2D eigenvalue weighted by molar-refractivity contribution is 0.990. The average Bonchev–Trinajstić information content (AvgIpc) is 2.05. The van der Waals surface area contributed by atoms with Crippen LogP contribution in [0.2, 0.25) is 0 Å². The minimum atomic E-state index is 0.607. The first kappa shape index (κ1) is 7.22. The third-order valence-electron chi connectivity index (χ3n) is 1.48. The number of rotatable bonds is 2. The molecule has 2 heteroatoms. The Labute approximate surface area is 61.1 Å². The first-order chi connectivity index (χ1) is 4.86. The number of pyridine rings is 1. The van der Waals surface area contributed by atoms with Crippen LogP contribution in [0.5, 0.6) is 0 Å². The molecule has 1 aromatic heterocycles. The van der Waals surface area contributed by atoms with Crippen LogP contribution in [0.1, 0.15) is 18.2 Å². The Bertz CT molecular complexity index is 189. The summed E-state index contributed by atoms with van der Waals surface area (Å²) < 4.78 is 0. The third-order valence-corrected chi connectivity index (χ3v) is 1.48. The molecule has 0 saturated carbocycles. The highest BCUT2D eigenvalue weighted by molar-refractivity contribution is 5.15. The maximum absolute atomic E-state index is 5.45. The van der Waals surface area contributed by atoms with Gasteiger partial charge in [-0.25, -0.2) is 0 Å². The summed E-state index contributed by atoms with van der Waals surface area (Å²) in [5.74, 6) is 0. The van der Waals surface area contributed by atoms with Crippen molar-refractivity contribution in [3.63, 3.8) is 0 Å². The van der Waals surface area contributed by atoms with Gasteiger partial charge in [0.15, 0.2) is 0 Å². The van der Waals surface area contributed by atoms with Crippen LogP contribution in [0.4, 0.5) is 0 Å². The van der Waals surface area contributed by atoms with Gasteiger partial charge in [-0.2, -0.15) is 0 Å². The lowest BCUT2D eigenvalue weighted by atomic mass is 10.2. The van der Waals surface area contributed by atoms with Crippen molar-refractivity contribution in [2.75, 3.05) is 0 Å². The number of nitrogens with two attached hydrogens (primary N) is 1. The highest BCUT2D eigenvalue weighted by atomic mass is 14.7. The molecule has 0 atom stereocenters. The molecular weight excluding hydrogens is 124 g/mol. The van der Waals surface area contributed by atoms with Crippen LogP contribution in [-0.4, -0.2) is 4.98 Å². The van der Waals surface area contributed by atoms with Crippen molar-refractivity contribution < 1.29 is 0 Å². The second kappa shape index (κ2) is 3.32. The summed E-state index contributed by atoms with van der Waals surface area (Å²) in [5.41, 5.74) is 7.72. The van der Waals surface area contributed by atoms with E-state index in [0.29, 0.717) is 6.54 Å². The minimum absolute atomic E-state index is 0.607. The quantitative estimate of drug-likeness (QED) is 0.661. The lowest BCUT2D eigenvalue weighted by Crippen LogP contribution is -1.97. The third kappa shape index (κ3) is 1.54. The van der Waals surface area contributed by atoms with Crippen molar-refractivity contribution in [3.8, 4) is 0 Å². The molecule has 0 aliphatic heterocycles. The van der Waals surface area contributed by atoms with Crippen molar-refractivity contribution in [1.29, 1.82) is 0 Å². The first-order valence-corrected chi connectivity index (χ1v) is 3.50. The molecule has 0 radical (unpaired) electrons. The van der Waals surface area contributed by atoms with E-state index in [-0.39, 0.29) is 0 Å². The summed E-state index contributed by atoms with van der Waals surface area (Å²) in [6.45, 7) is 2.69. The van der Waals surface area contributed by atoms with E-state index in [1.54, 1.807) is 6.20 Å². The second-order valence-electron chi connectivity index (χ2n) is 2.21. The topological polar surface area (TPSA) is 38.9 Å². The van der Waals surface area contributed by atoms with Gasteiger partial charge in [0, 0.05) is 18.4 Å². The standard InChI is InChI=1S/C8H12N2/c1-2-8-5-7(6-9)3-4-10-8/h3-5H,2,6,9H2,1H3. The van der Waals surface area contributed by atoms with E-state index in [2.05, 4.69) is 11.9 Å². The Morgan fingerprint density at radius 3 is 3.00 bits per heavy atom. The van der Waals surface area contributed by atoms with Gasteiger partial charge in [-0.15, -0.1) is 0 Å². The van der Waals surface area contributed by atoms with Gasteiger partial charge >= 0.3 is 0 Å². The van der Waals surface area contributed by atoms with Crippen molar-refractivity contribution in [2.24, 2.45) is 5.73 Å². The summed E-state index contributed by atoms with van der Waals surface area (Å²) in [6, 6.07) is 3.99. The summed E-state index contributed by atoms with van der Waals surface area (Å²) in [7, 11) is 0. The van der Waals surface area contributed by atoms with Gasteiger partial charge in [-0.3, -0.25) is 4.98 Å². The Kier molecular flexibility index (Phi) is 2.40. The molecule has 0 saturated heterocycles. The molecule has 1 rings (SSSR count). The Hall–Kier alpha value is -0.890. The number of aromatic nitrogens is 1. The Morgan fingerprint density at radius 2 is 2.40 bits per heavy atom. The van der Waals surface area contributed by atoms with Gasteiger partial charge in [0.25, 0.3) is 0 Å². The predicted molar refractivity (Wildman–Crippen MR) is 41.5 cm³/mol. The summed E-state index contributed by atoms with van der Waals surface area (Å²) >= 11 is 0. The van der Waals surface area contributed by atoms with E-state index in [0.717, 1.165) is 17.7 Å². The van der Waals surface area contributed by atoms with Crippen LogP contribution in [0.15, 0.2) is 18.3 Å². The van der Waals surface area contributed by atoms with E-state index in [1.165, 1.54) is 0 Å². The molecule has 0 aliphatic rings. The number of aryl methyl sites for hydroxylation is 1. The predicted octanol–water partition coefficient (Wildman–Crippen LogP) is 1.10. The van der Waals surface area contributed by atoms with Crippen LogP contribution in [0, 0.1) is 0 Å². The SMILES string of the molecule is CCc1cc(CN)ccn1. The molecule has 0 unspecified atom stereocenters. The molecule has 0 amide bonds. The van der Waals surface area contributed by atoms with Crippen LogP contribution in [-0.2, 0) is 13.0 Å². The molecular formula is C8H12N2. The molecule has 1 heterocycles. The van der Waals surface area contributed by atoms with Crippen LogP contribution >= 0.6 is 0 Å². The summed E-state index contributed by atoms with van der Waals surface area (Å²) in [4.78, 5) is 4.15. The van der Waals surface area contributed by atoms with E-state index in [1.807, 2.05) is 12.1 Å². The number of hydrogen-bond acceptors (Lipinski definition) is 2. The van der Waals surface area contributed by atoms with E-state index in [9.17, 15) is 0 Å². The zero-order chi connectivity index (χ0) is 7.40. The van der Waals surface area contributed by atoms with Crippen LogP contribution in [0.25, 0.3) is 0 Å². The largest absolute Gasteiger partial charge is 0.326 e. The Balaban J connectivity index is 2.87. The normalized spacial score (nSPS) is 9.80. The zero-order valence-corrected chi connectivity index (χ0v) is 6.17. The van der Waals surface area contributed by atoms with Gasteiger partial charge in [0.1, 0.15) is 0 Å². The molecule has 0 aromatic carbocycles. The van der Waals surface area contributed by atoms with Crippen molar-refractivity contribution in [3.05, 3.63) is 29.6 Å². The maximum Gasteiger partial charge on any atom is 0.0404 e. The van der Waals surface area contributed by atoms with Crippen molar-refractivity contribution in [1.82, 2.24) is 4.98 Å². The second-order valence-corrected chi connectivity index (χ2v) is 2.21. The Morgan fingerprint density at radius 1 is 1.60 bits per heavy atom. The molecule has 0 fully saturated rings. The molecule has 2 nitrogen and oxygen atoms in total. The fourth-order valence-corrected chi connectivity index (χ4v) is 0.848. The van der Waals surface area contributed by atoms with Crippen LogP contribution in [0.3, 0.4) is 0 Å². The molecule has 10 heavy (non-hydrogen) atoms. The monoisotopic (exact) mass is 136 g/mol. The van der Waals surface area contributed by atoms with Crippen molar-refractivity contribution >= 4 is 0 Å².